The molecule has 2 aromatic heterocycles. The van der Waals surface area contributed by atoms with Crippen molar-refractivity contribution in [3.05, 3.63) is 40.3 Å². The van der Waals surface area contributed by atoms with Gasteiger partial charge in [0, 0.05) is 38.6 Å². The molecule has 0 aliphatic heterocycles. The van der Waals surface area contributed by atoms with Gasteiger partial charge in [0.05, 0.1) is 16.3 Å². The van der Waals surface area contributed by atoms with Crippen LogP contribution in [0.1, 0.15) is 28.5 Å². The molecule has 0 spiro atoms. The van der Waals surface area contributed by atoms with Crippen molar-refractivity contribution in [3.8, 4) is 0 Å². The van der Waals surface area contributed by atoms with Crippen LogP contribution in [0, 0.1) is 0 Å². The summed E-state index contributed by atoms with van der Waals surface area (Å²) in [7, 11) is 3.59. The predicted octanol–water partition coefficient (Wildman–Crippen LogP) is 2.00. The van der Waals surface area contributed by atoms with E-state index in [9.17, 15) is 4.79 Å². The Kier molecular flexibility index (Phi) is 4.80. The van der Waals surface area contributed by atoms with E-state index in [1.807, 2.05) is 20.2 Å². The third-order valence-electron chi connectivity index (χ3n) is 3.11. The number of nitrogens with zero attached hydrogens (tertiary/aromatic N) is 3. The van der Waals surface area contributed by atoms with Crippen LogP contribution in [0.25, 0.3) is 0 Å². The van der Waals surface area contributed by atoms with Crippen LogP contribution >= 0.6 is 11.6 Å². The van der Waals surface area contributed by atoms with Gasteiger partial charge in [0.15, 0.2) is 0 Å². The maximum Gasteiger partial charge on any atom is 0.253 e. The number of pyridine rings is 1. The lowest BCUT2D eigenvalue weighted by molar-refractivity contribution is 0.0950. The summed E-state index contributed by atoms with van der Waals surface area (Å²) in [5, 5.41) is 10.5. The molecular weight excluding hydrogens is 290 g/mol. The number of amides is 1. The molecule has 112 valence electrons. The minimum absolute atomic E-state index is 0.210. The molecule has 0 aromatic carbocycles. The molecule has 0 atom stereocenters. The van der Waals surface area contributed by atoms with E-state index in [-0.39, 0.29) is 5.91 Å². The number of hydrogen-bond donors (Lipinski definition) is 2. The van der Waals surface area contributed by atoms with E-state index in [0.29, 0.717) is 22.9 Å². The number of aromatic nitrogens is 3. The zero-order valence-corrected chi connectivity index (χ0v) is 13.0. The van der Waals surface area contributed by atoms with Crippen LogP contribution in [-0.4, -0.2) is 27.7 Å². The molecule has 7 heteroatoms. The Morgan fingerprint density at radius 3 is 2.86 bits per heavy atom. The molecule has 0 radical (unpaired) electrons. The quantitative estimate of drug-likeness (QED) is 0.886. The van der Waals surface area contributed by atoms with Crippen LogP contribution < -0.4 is 10.6 Å². The summed E-state index contributed by atoms with van der Waals surface area (Å²) in [5.41, 5.74) is 2.43. The molecule has 0 unspecified atom stereocenters. The van der Waals surface area contributed by atoms with Crippen molar-refractivity contribution < 1.29 is 4.79 Å². The van der Waals surface area contributed by atoms with E-state index < -0.39 is 0 Å². The maximum atomic E-state index is 12.1. The second-order valence-corrected chi connectivity index (χ2v) is 5.02. The summed E-state index contributed by atoms with van der Waals surface area (Å²) in [6.45, 7) is 2.47. The SMILES string of the molecule is CCc1nn(C)cc1CNC(=O)c1cnc(NC)c(Cl)c1. The van der Waals surface area contributed by atoms with Crippen molar-refractivity contribution >= 4 is 23.3 Å². The number of anilines is 1. The Morgan fingerprint density at radius 1 is 1.48 bits per heavy atom. The molecule has 2 aromatic rings. The fourth-order valence-corrected chi connectivity index (χ4v) is 2.31. The highest BCUT2D eigenvalue weighted by molar-refractivity contribution is 6.33. The number of halogens is 1. The minimum Gasteiger partial charge on any atom is -0.372 e. The molecule has 0 aliphatic carbocycles. The van der Waals surface area contributed by atoms with Gasteiger partial charge in [0.2, 0.25) is 0 Å². The van der Waals surface area contributed by atoms with E-state index in [1.54, 1.807) is 17.8 Å². The van der Waals surface area contributed by atoms with Gasteiger partial charge in [-0.2, -0.15) is 5.10 Å². The second-order valence-electron chi connectivity index (χ2n) is 4.62. The van der Waals surface area contributed by atoms with Gasteiger partial charge in [-0.15, -0.1) is 0 Å². The van der Waals surface area contributed by atoms with Crippen LogP contribution in [0.5, 0.6) is 0 Å². The molecule has 2 rings (SSSR count). The van der Waals surface area contributed by atoms with E-state index >= 15 is 0 Å². The first kappa shape index (κ1) is 15.3. The molecular formula is C14H18ClN5O. The van der Waals surface area contributed by atoms with Gasteiger partial charge in [-0.05, 0) is 12.5 Å². The summed E-state index contributed by atoms with van der Waals surface area (Å²) < 4.78 is 1.75. The highest BCUT2D eigenvalue weighted by atomic mass is 35.5. The van der Waals surface area contributed by atoms with Crippen LogP contribution in [0.4, 0.5) is 5.82 Å². The Hall–Kier alpha value is -2.08. The normalized spacial score (nSPS) is 10.5. The molecule has 2 heterocycles. The first-order valence-corrected chi connectivity index (χ1v) is 7.05. The highest BCUT2D eigenvalue weighted by Gasteiger charge is 2.11. The summed E-state index contributed by atoms with van der Waals surface area (Å²) >= 11 is 6.02. The Bertz CT molecular complexity index is 653. The Morgan fingerprint density at radius 2 is 2.24 bits per heavy atom. The van der Waals surface area contributed by atoms with Crippen LogP contribution in [0.2, 0.25) is 5.02 Å². The van der Waals surface area contributed by atoms with E-state index in [0.717, 1.165) is 17.7 Å². The number of nitrogens with one attached hydrogen (secondary N) is 2. The molecule has 0 saturated carbocycles. The molecule has 6 nitrogen and oxygen atoms in total. The first-order valence-electron chi connectivity index (χ1n) is 6.68. The molecule has 0 fully saturated rings. The number of carbonyl (C=O) groups is 1. The standard InChI is InChI=1S/C14H18ClN5O/c1-4-12-10(8-20(3)19-12)7-18-14(21)9-5-11(15)13(16-2)17-6-9/h5-6,8H,4,7H2,1-3H3,(H,16,17)(H,18,21). The second kappa shape index (κ2) is 6.58. The molecule has 21 heavy (non-hydrogen) atoms. The average Bonchev–Trinajstić information content (AvgIpc) is 2.84. The van der Waals surface area contributed by atoms with Gasteiger partial charge in [-0.3, -0.25) is 9.48 Å². The molecule has 0 saturated heterocycles. The average molecular weight is 308 g/mol. The lowest BCUT2D eigenvalue weighted by atomic mass is 10.2. The first-order chi connectivity index (χ1) is 10.0. The van der Waals surface area contributed by atoms with Gasteiger partial charge in [0.25, 0.3) is 5.91 Å². The molecule has 0 bridgehead atoms. The molecule has 1 amide bonds. The number of rotatable bonds is 5. The zero-order chi connectivity index (χ0) is 15.4. The van der Waals surface area contributed by atoms with Gasteiger partial charge < -0.3 is 10.6 Å². The highest BCUT2D eigenvalue weighted by Crippen LogP contribution is 2.19. The van der Waals surface area contributed by atoms with Crippen molar-refractivity contribution in [2.45, 2.75) is 19.9 Å². The van der Waals surface area contributed by atoms with Gasteiger partial charge in [-0.1, -0.05) is 18.5 Å². The van der Waals surface area contributed by atoms with E-state index in [1.165, 1.54) is 6.20 Å². The largest absolute Gasteiger partial charge is 0.372 e. The summed E-state index contributed by atoms with van der Waals surface area (Å²) in [6, 6.07) is 1.60. The summed E-state index contributed by atoms with van der Waals surface area (Å²) in [4.78, 5) is 16.2. The van der Waals surface area contributed by atoms with Gasteiger partial charge in [0.1, 0.15) is 5.82 Å². The zero-order valence-electron chi connectivity index (χ0n) is 12.3. The molecule has 2 N–H and O–H groups in total. The number of hydrogen-bond acceptors (Lipinski definition) is 4. The summed E-state index contributed by atoms with van der Waals surface area (Å²) in [5.74, 6) is 0.340. The topological polar surface area (TPSA) is 71.8 Å². The number of carbonyl (C=O) groups excluding carboxylic acids is 1. The van der Waals surface area contributed by atoms with Crippen LogP contribution in [0.3, 0.4) is 0 Å². The predicted molar refractivity (Wildman–Crippen MR) is 82.5 cm³/mol. The minimum atomic E-state index is -0.210. The third-order valence-corrected chi connectivity index (χ3v) is 3.39. The number of aryl methyl sites for hydroxylation is 2. The van der Waals surface area contributed by atoms with Crippen molar-refractivity contribution in [2.75, 3.05) is 12.4 Å². The van der Waals surface area contributed by atoms with Gasteiger partial charge >= 0.3 is 0 Å². The monoisotopic (exact) mass is 307 g/mol. The lowest BCUT2D eigenvalue weighted by Crippen LogP contribution is -2.23. The third kappa shape index (κ3) is 3.52. The van der Waals surface area contributed by atoms with Crippen LogP contribution in [0.15, 0.2) is 18.5 Å². The maximum absolute atomic E-state index is 12.1. The summed E-state index contributed by atoms with van der Waals surface area (Å²) in [6.07, 6.45) is 4.24. The van der Waals surface area contributed by atoms with Crippen molar-refractivity contribution in [1.82, 2.24) is 20.1 Å². The Balaban J connectivity index is 2.06. The van der Waals surface area contributed by atoms with Gasteiger partial charge in [-0.25, -0.2) is 4.98 Å². The van der Waals surface area contributed by atoms with Crippen molar-refractivity contribution in [3.63, 3.8) is 0 Å². The smallest absolute Gasteiger partial charge is 0.253 e. The Labute approximate surface area is 128 Å². The van der Waals surface area contributed by atoms with Crippen LogP contribution in [-0.2, 0) is 20.0 Å². The van der Waals surface area contributed by atoms with E-state index in [2.05, 4.69) is 20.7 Å². The lowest BCUT2D eigenvalue weighted by Gasteiger charge is -2.07. The fraction of sp³-hybridized carbons (Fsp3) is 0.357. The molecule has 0 aliphatic rings. The van der Waals surface area contributed by atoms with E-state index in [4.69, 9.17) is 11.6 Å². The fourth-order valence-electron chi connectivity index (χ4n) is 2.05. The van der Waals surface area contributed by atoms with Crippen molar-refractivity contribution in [1.29, 1.82) is 0 Å². The van der Waals surface area contributed by atoms with Crippen molar-refractivity contribution in [2.24, 2.45) is 7.05 Å².